The number of hydrogen-bond donors (Lipinski definition) is 2. The zero-order valence-electron chi connectivity index (χ0n) is 10.3. The molecule has 0 aliphatic rings. The maximum Gasteiger partial charge on any atom is 0.265 e. The van der Waals surface area contributed by atoms with Gasteiger partial charge >= 0.3 is 0 Å². The Kier molecular flexibility index (Phi) is 3.74. The molecule has 3 N–H and O–H groups in total. The third-order valence-corrected chi connectivity index (χ3v) is 2.79. The maximum atomic E-state index is 11.4. The van der Waals surface area contributed by atoms with Crippen molar-refractivity contribution in [3.8, 4) is 0 Å². The summed E-state index contributed by atoms with van der Waals surface area (Å²) in [5, 5.41) is 0. The minimum absolute atomic E-state index is 0.279. The molecule has 2 aromatic rings. The number of rotatable bonds is 4. The van der Waals surface area contributed by atoms with E-state index in [9.17, 15) is 4.79 Å². The van der Waals surface area contributed by atoms with Crippen molar-refractivity contribution in [2.45, 2.75) is 19.9 Å². The number of carbonyl (C=O) groups excluding carboxylic acids is 1. The Morgan fingerprint density at radius 3 is 3.06 bits per heavy atom. The highest BCUT2D eigenvalue weighted by Gasteiger charge is 2.05. The first-order chi connectivity index (χ1) is 8.74. The van der Waals surface area contributed by atoms with E-state index in [4.69, 9.17) is 5.84 Å². The summed E-state index contributed by atoms with van der Waals surface area (Å²) in [4.78, 5) is 15.7. The molecule has 1 aromatic heterocycles. The van der Waals surface area contributed by atoms with Gasteiger partial charge in [0, 0.05) is 30.9 Å². The van der Waals surface area contributed by atoms with Crippen molar-refractivity contribution < 1.29 is 4.79 Å². The molecule has 0 fully saturated rings. The minimum Gasteiger partial charge on any atom is -0.331 e. The van der Waals surface area contributed by atoms with Crippen LogP contribution < -0.4 is 11.3 Å². The summed E-state index contributed by atoms with van der Waals surface area (Å²) in [6.45, 7) is 2.77. The lowest BCUT2D eigenvalue weighted by Gasteiger charge is -2.08. The van der Waals surface area contributed by atoms with E-state index in [1.165, 1.54) is 0 Å². The largest absolute Gasteiger partial charge is 0.331 e. The van der Waals surface area contributed by atoms with Crippen molar-refractivity contribution in [1.82, 2.24) is 15.0 Å². The fourth-order valence-electron chi connectivity index (χ4n) is 1.89. The van der Waals surface area contributed by atoms with Crippen LogP contribution in [0.5, 0.6) is 0 Å². The molecular weight excluding hydrogens is 228 g/mol. The van der Waals surface area contributed by atoms with Gasteiger partial charge in [-0.25, -0.2) is 10.8 Å². The summed E-state index contributed by atoms with van der Waals surface area (Å²) in [6, 6.07) is 7.40. The van der Waals surface area contributed by atoms with Gasteiger partial charge in [0.2, 0.25) is 0 Å². The van der Waals surface area contributed by atoms with Crippen LogP contribution >= 0.6 is 0 Å². The van der Waals surface area contributed by atoms with Crippen LogP contribution in [0.15, 0.2) is 36.7 Å². The zero-order valence-corrected chi connectivity index (χ0v) is 10.3. The number of hydrazine groups is 1. The number of nitrogen functional groups attached to an aromatic ring is 1. The van der Waals surface area contributed by atoms with Crippen LogP contribution in [0, 0.1) is 0 Å². The van der Waals surface area contributed by atoms with Crippen LogP contribution in [0.4, 0.5) is 0 Å². The van der Waals surface area contributed by atoms with Gasteiger partial charge in [-0.2, -0.15) is 0 Å². The number of aromatic nitrogens is 2. The molecule has 0 atom stereocenters. The highest BCUT2D eigenvalue weighted by molar-refractivity contribution is 5.93. The Balaban J connectivity index is 2.22. The lowest BCUT2D eigenvalue weighted by molar-refractivity contribution is 0.0953. The number of nitrogens with one attached hydrogen (secondary N) is 1. The molecule has 18 heavy (non-hydrogen) atoms. The van der Waals surface area contributed by atoms with Gasteiger partial charge in [-0.1, -0.05) is 19.1 Å². The predicted molar refractivity (Wildman–Crippen MR) is 68.8 cm³/mol. The van der Waals surface area contributed by atoms with Crippen LogP contribution in [0.2, 0.25) is 0 Å². The van der Waals surface area contributed by atoms with E-state index in [-0.39, 0.29) is 5.91 Å². The van der Waals surface area contributed by atoms with Crippen molar-refractivity contribution in [1.29, 1.82) is 0 Å². The van der Waals surface area contributed by atoms with Crippen LogP contribution in [-0.4, -0.2) is 15.5 Å². The molecule has 0 aliphatic carbocycles. The number of imidazole rings is 1. The van der Waals surface area contributed by atoms with E-state index < -0.39 is 0 Å². The van der Waals surface area contributed by atoms with Gasteiger partial charge in [0.05, 0.1) is 0 Å². The molecule has 0 spiro atoms. The smallest absolute Gasteiger partial charge is 0.265 e. The van der Waals surface area contributed by atoms with E-state index in [0.717, 1.165) is 17.8 Å². The van der Waals surface area contributed by atoms with Crippen molar-refractivity contribution in [3.05, 3.63) is 53.6 Å². The van der Waals surface area contributed by atoms with Gasteiger partial charge in [-0.05, 0) is 17.7 Å². The summed E-state index contributed by atoms with van der Waals surface area (Å²) in [5.41, 5.74) is 3.74. The molecule has 0 saturated heterocycles. The van der Waals surface area contributed by atoms with Crippen molar-refractivity contribution in [3.63, 3.8) is 0 Å². The van der Waals surface area contributed by atoms with E-state index in [0.29, 0.717) is 12.1 Å². The summed E-state index contributed by atoms with van der Waals surface area (Å²) < 4.78 is 2.07. The van der Waals surface area contributed by atoms with Crippen LogP contribution in [0.3, 0.4) is 0 Å². The normalized spacial score (nSPS) is 10.3. The Morgan fingerprint density at radius 2 is 2.33 bits per heavy atom. The standard InChI is InChI=1S/C13H16N4O/c1-2-12-15-6-7-17(12)9-10-4-3-5-11(8-10)13(18)16-14/h3-8H,2,9,14H2,1H3,(H,16,18). The van der Waals surface area contributed by atoms with Crippen LogP contribution in [0.1, 0.15) is 28.7 Å². The lowest BCUT2D eigenvalue weighted by atomic mass is 10.1. The van der Waals surface area contributed by atoms with Gasteiger partial charge in [0.1, 0.15) is 5.82 Å². The van der Waals surface area contributed by atoms with Gasteiger partial charge in [0.15, 0.2) is 0 Å². The second-order valence-corrected chi connectivity index (χ2v) is 4.00. The maximum absolute atomic E-state index is 11.4. The Hall–Kier alpha value is -2.14. The summed E-state index contributed by atoms with van der Waals surface area (Å²) in [5.74, 6) is 5.87. The molecule has 0 saturated carbocycles. The molecule has 5 nitrogen and oxygen atoms in total. The molecular formula is C13H16N4O. The SMILES string of the molecule is CCc1nccn1Cc1cccc(C(=O)NN)c1. The molecule has 5 heteroatoms. The highest BCUT2D eigenvalue weighted by atomic mass is 16.2. The number of aryl methyl sites for hydroxylation is 1. The molecule has 0 unspecified atom stereocenters. The Labute approximate surface area is 106 Å². The average molecular weight is 244 g/mol. The predicted octanol–water partition coefficient (Wildman–Crippen LogP) is 1.10. The fraction of sp³-hybridized carbons (Fsp3) is 0.231. The quantitative estimate of drug-likeness (QED) is 0.480. The Morgan fingerprint density at radius 1 is 1.50 bits per heavy atom. The number of amides is 1. The van der Waals surface area contributed by atoms with E-state index in [1.54, 1.807) is 12.3 Å². The van der Waals surface area contributed by atoms with Gasteiger partial charge < -0.3 is 4.57 Å². The third kappa shape index (κ3) is 2.57. The van der Waals surface area contributed by atoms with Crippen LogP contribution in [0.25, 0.3) is 0 Å². The lowest BCUT2D eigenvalue weighted by Crippen LogP contribution is -2.30. The second kappa shape index (κ2) is 5.46. The van der Waals surface area contributed by atoms with Gasteiger partial charge in [0.25, 0.3) is 5.91 Å². The first kappa shape index (κ1) is 12.3. The van der Waals surface area contributed by atoms with Crippen molar-refractivity contribution >= 4 is 5.91 Å². The molecule has 94 valence electrons. The van der Waals surface area contributed by atoms with E-state index in [2.05, 4.69) is 21.9 Å². The molecule has 0 radical (unpaired) electrons. The number of benzene rings is 1. The molecule has 1 heterocycles. The first-order valence-corrected chi connectivity index (χ1v) is 5.84. The van der Waals surface area contributed by atoms with Crippen molar-refractivity contribution in [2.24, 2.45) is 5.84 Å². The molecule has 0 bridgehead atoms. The number of carbonyl (C=O) groups is 1. The van der Waals surface area contributed by atoms with Gasteiger partial charge in [-0.15, -0.1) is 0 Å². The molecule has 1 aromatic carbocycles. The topological polar surface area (TPSA) is 72.9 Å². The van der Waals surface area contributed by atoms with E-state index in [1.807, 2.05) is 24.4 Å². The minimum atomic E-state index is -0.279. The third-order valence-electron chi connectivity index (χ3n) is 2.79. The summed E-state index contributed by atoms with van der Waals surface area (Å²) in [6.07, 6.45) is 4.61. The molecule has 2 rings (SSSR count). The molecule has 1 amide bonds. The summed E-state index contributed by atoms with van der Waals surface area (Å²) in [7, 11) is 0. The number of hydrogen-bond acceptors (Lipinski definition) is 3. The van der Waals surface area contributed by atoms with Crippen LogP contribution in [-0.2, 0) is 13.0 Å². The second-order valence-electron chi connectivity index (χ2n) is 4.00. The highest BCUT2D eigenvalue weighted by Crippen LogP contribution is 2.09. The van der Waals surface area contributed by atoms with Crippen molar-refractivity contribution in [2.75, 3.05) is 0 Å². The Bertz CT molecular complexity index is 547. The van der Waals surface area contributed by atoms with Gasteiger partial charge in [-0.3, -0.25) is 10.2 Å². The number of nitrogens with zero attached hydrogens (tertiary/aromatic N) is 2. The fourth-order valence-corrected chi connectivity index (χ4v) is 1.89. The monoisotopic (exact) mass is 244 g/mol. The zero-order chi connectivity index (χ0) is 13.0. The molecule has 0 aliphatic heterocycles. The first-order valence-electron chi connectivity index (χ1n) is 5.84. The summed E-state index contributed by atoms with van der Waals surface area (Å²) >= 11 is 0. The number of nitrogens with two attached hydrogens (primary N) is 1. The van der Waals surface area contributed by atoms with E-state index >= 15 is 0 Å². The average Bonchev–Trinajstić information content (AvgIpc) is 2.85.